The van der Waals surface area contributed by atoms with Crippen LogP contribution in [0.25, 0.3) is 10.8 Å². The Kier molecular flexibility index (Phi) is 5.69. The minimum absolute atomic E-state index is 0.0425. The number of aryl methyl sites for hydroxylation is 1. The van der Waals surface area contributed by atoms with Crippen LogP contribution in [-0.4, -0.2) is 27.8 Å². The molecule has 3 aromatic rings. The maximum Gasteiger partial charge on any atom is 0.360 e. The van der Waals surface area contributed by atoms with E-state index in [0.717, 1.165) is 0 Å². The van der Waals surface area contributed by atoms with Crippen molar-refractivity contribution in [3.05, 3.63) is 70.1 Å². The Labute approximate surface area is 166 Å². The van der Waals surface area contributed by atoms with Crippen molar-refractivity contribution in [2.45, 2.75) is 26.5 Å². The summed E-state index contributed by atoms with van der Waals surface area (Å²) in [5.41, 5.74) is 0.269. The molecule has 0 saturated carbocycles. The van der Waals surface area contributed by atoms with Crippen LogP contribution in [0.3, 0.4) is 0 Å². The largest absolute Gasteiger partial charge is 0.448 e. The molecule has 29 heavy (non-hydrogen) atoms. The van der Waals surface area contributed by atoms with Crippen molar-refractivity contribution in [2.24, 2.45) is 0 Å². The summed E-state index contributed by atoms with van der Waals surface area (Å²) in [5, 5.41) is 16.5. The lowest BCUT2D eigenvalue weighted by molar-refractivity contribution is -0.123. The molecule has 0 spiro atoms. The number of nitrogens with one attached hydrogen (secondary N) is 1. The number of rotatable bonds is 5. The number of fused-ring (bicyclic) bond motifs is 1. The van der Waals surface area contributed by atoms with E-state index < -0.39 is 18.0 Å². The minimum Gasteiger partial charge on any atom is -0.448 e. The van der Waals surface area contributed by atoms with Crippen LogP contribution in [0.5, 0.6) is 0 Å². The predicted molar refractivity (Wildman–Crippen MR) is 106 cm³/mol. The molecule has 0 bridgehead atoms. The van der Waals surface area contributed by atoms with Crippen LogP contribution < -0.4 is 10.9 Å². The van der Waals surface area contributed by atoms with E-state index >= 15 is 0 Å². The zero-order valence-corrected chi connectivity index (χ0v) is 15.9. The molecule has 8 heteroatoms. The summed E-state index contributed by atoms with van der Waals surface area (Å²) in [6.45, 7) is 3.44. The second kappa shape index (κ2) is 8.35. The fraction of sp³-hybridized carbons (Fsp3) is 0.190. The predicted octanol–water partition coefficient (Wildman–Crippen LogP) is 2.47. The van der Waals surface area contributed by atoms with Gasteiger partial charge in [0.05, 0.1) is 16.6 Å². The summed E-state index contributed by atoms with van der Waals surface area (Å²) in [6, 6.07) is 15.1. The van der Waals surface area contributed by atoms with Crippen molar-refractivity contribution in [3.8, 4) is 6.07 Å². The van der Waals surface area contributed by atoms with Crippen LogP contribution in [-0.2, 0) is 16.1 Å². The number of carbonyl (C=O) groups excluding carboxylic acids is 2. The van der Waals surface area contributed by atoms with Gasteiger partial charge in [0.25, 0.3) is 11.5 Å². The Morgan fingerprint density at radius 2 is 1.83 bits per heavy atom. The first-order valence-electron chi connectivity index (χ1n) is 8.97. The molecule has 0 radical (unpaired) electrons. The Hall–Kier alpha value is -3.99. The number of ether oxygens (including phenoxy) is 1. The van der Waals surface area contributed by atoms with Crippen molar-refractivity contribution in [2.75, 3.05) is 5.32 Å². The van der Waals surface area contributed by atoms with Gasteiger partial charge in [-0.1, -0.05) is 30.3 Å². The van der Waals surface area contributed by atoms with E-state index in [9.17, 15) is 14.4 Å². The van der Waals surface area contributed by atoms with E-state index in [4.69, 9.17) is 10.00 Å². The minimum atomic E-state index is -1.14. The van der Waals surface area contributed by atoms with Crippen LogP contribution in [0, 0.1) is 11.3 Å². The van der Waals surface area contributed by atoms with Crippen molar-refractivity contribution >= 4 is 28.3 Å². The van der Waals surface area contributed by atoms with Gasteiger partial charge in [0.15, 0.2) is 11.8 Å². The Morgan fingerprint density at radius 1 is 1.17 bits per heavy atom. The molecule has 8 nitrogen and oxygen atoms in total. The molecular weight excluding hydrogens is 372 g/mol. The van der Waals surface area contributed by atoms with Gasteiger partial charge in [-0.05, 0) is 32.0 Å². The van der Waals surface area contributed by atoms with Crippen molar-refractivity contribution in [3.63, 3.8) is 0 Å². The first-order valence-corrected chi connectivity index (χ1v) is 8.97. The van der Waals surface area contributed by atoms with E-state index in [-0.39, 0.29) is 17.8 Å². The SMILES string of the molecule is CCn1nc(C(=O)O[C@H](C)C(=O)Nc2ccccc2C#N)c2ccccc2c1=O. The monoisotopic (exact) mass is 390 g/mol. The molecule has 0 saturated heterocycles. The van der Waals surface area contributed by atoms with Gasteiger partial charge in [-0.3, -0.25) is 9.59 Å². The van der Waals surface area contributed by atoms with Gasteiger partial charge in [-0.25, -0.2) is 9.48 Å². The molecular formula is C21H18N4O4. The lowest BCUT2D eigenvalue weighted by Crippen LogP contribution is -2.32. The zero-order chi connectivity index (χ0) is 21.0. The zero-order valence-electron chi connectivity index (χ0n) is 15.9. The van der Waals surface area contributed by atoms with Gasteiger partial charge in [0, 0.05) is 11.9 Å². The number of benzene rings is 2. The molecule has 2 aromatic carbocycles. The number of esters is 1. The first kappa shape index (κ1) is 19.8. The molecule has 0 fully saturated rings. The van der Waals surface area contributed by atoms with Crippen LogP contribution in [0.4, 0.5) is 5.69 Å². The molecule has 1 aromatic heterocycles. The molecule has 1 atom stereocenters. The summed E-state index contributed by atoms with van der Waals surface area (Å²) in [7, 11) is 0. The Morgan fingerprint density at radius 3 is 2.52 bits per heavy atom. The second-order valence-corrected chi connectivity index (χ2v) is 6.21. The van der Waals surface area contributed by atoms with Gasteiger partial charge in [0.1, 0.15) is 6.07 Å². The maximum absolute atomic E-state index is 12.7. The number of aromatic nitrogens is 2. The van der Waals surface area contributed by atoms with Crippen LogP contribution in [0.1, 0.15) is 29.9 Å². The van der Waals surface area contributed by atoms with Gasteiger partial charge in [-0.15, -0.1) is 0 Å². The van der Waals surface area contributed by atoms with Crippen LogP contribution in [0.15, 0.2) is 53.3 Å². The van der Waals surface area contributed by atoms with Gasteiger partial charge < -0.3 is 10.1 Å². The lowest BCUT2D eigenvalue weighted by Gasteiger charge is -2.15. The maximum atomic E-state index is 12.7. The molecule has 0 unspecified atom stereocenters. The third-order valence-corrected chi connectivity index (χ3v) is 4.32. The highest BCUT2D eigenvalue weighted by Crippen LogP contribution is 2.17. The highest BCUT2D eigenvalue weighted by atomic mass is 16.5. The topological polar surface area (TPSA) is 114 Å². The third-order valence-electron chi connectivity index (χ3n) is 4.32. The molecule has 0 aliphatic carbocycles. The van der Waals surface area contributed by atoms with Gasteiger partial charge in [0.2, 0.25) is 0 Å². The van der Waals surface area contributed by atoms with E-state index in [1.165, 1.54) is 11.6 Å². The highest BCUT2D eigenvalue weighted by molar-refractivity contribution is 6.03. The smallest absolute Gasteiger partial charge is 0.360 e. The fourth-order valence-corrected chi connectivity index (χ4v) is 2.79. The Balaban J connectivity index is 1.85. The molecule has 1 N–H and O–H groups in total. The van der Waals surface area contributed by atoms with Gasteiger partial charge >= 0.3 is 5.97 Å². The van der Waals surface area contributed by atoms with E-state index in [1.54, 1.807) is 55.5 Å². The fourth-order valence-electron chi connectivity index (χ4n) is 2.79. The molecule has 1 amide bonds. The standard InChI is InChI=1S/C21H18N4O4/c1-3-25-20(27)16-10-6-5-9-15(16)18(24-25)21(28)29-13(2)19(26)23-17-11-7-4-8-14(17)12-22/h4-11,13H,3H2,1-2H3,(H,23,26)/t13-/m1/s1. The molecule has 0 aliphatic heterocycles. The summed E-state index contributed by atoms with van der Waals surface area (Å²) in [4.78, 5) is 37.5. The van der Waals surface area contributed by atoms with Crippen molar-refractivity contribution < 1.29 is 14.3 Å². The molecule has 1 heterocycles. The van der Waals surface area contributed by atoms with Crippen LogP contribution >= 0.6 is 0 Å². The number of nitrogens with zero attached hydrogens (tertiary/aromatic N) is 3. The number of hydrogen-bond acceptors (Lipinski definition) is 6. The third kappa shape index (κ3) is 3.99. The summed E-state index contributed by atoms with van der Waals surface area (Å²) < 4.78 is 6.45. The van der Waals surface area contributed by atoms with Gasteiger partial charge in [-0.2, -0.15) is 10.4 Å². The summed E-state index contributed by atoms with van der Waals surface area (Å²) in [5.74, 6) is -1.41. The van der Waals surface area contributed by atoms with E-state index in [1.807, 2.05) is 6.07 Å². The van der Waals surface area contributed by atoms with E-state index in [2.05, 4.69) is 10.4 Å². The highest BCUT2D eigenvalue weighted by Gasteiger charge is 2.23. The number of amides is 1. The molecule has 0 aliphatic rings. The molecule has 3 rings (SSSR count). The summed E-state index contributed by atoms with van der Waals surface area (Å²) in [6.07, 6.45) is -1.14. The average molecular weight is 390 g/mol. The molecule has 146 valence electrons. The van der Waals surface area contributed by atoms with Crippen LogP contribution in [0.2, 0.25) is 0 Å². The summed E-state index contributed by atoms with van der Waals surface area (Å²) >= 11 is 0. The quantitative estimate of drug-likeness (QED) is 0.670. The lowest BCUT2D eigenvalue weighted by atomic mass is 10.1. The second-order valence-electron chi connectivity index (χ2n) is 6.21. The number of anilines is 1. The first-order chi connectivity index (χ1) is 14.0. The Bertz CT molecular complexity index is 1190. The number of para-hydroxylation sites is 1. The number of nitriles is 1. The number of carbonyl (C=O) groups is 2. The van der Waals surface area contributed by atoms with Crippen molar-refractivity contribution in [1.82, 2.24) is 9.78 Å². The number of hydrogen-bond donors (Lipinski definition) is 1. The average Bonchev–Trinajstić information content (AvgIpc) is 2.74. The normalized spacial score (nSPS) is 11.5. The van der Waals surface area contributed by atoms with Crippen molar-refractivity contribution in [1.29, 1.82) is 5.26 Å². The van der Waals surface area contributed by atoms with E-state index in [0.29, 0.717) is 22.0 Å².